The number of para-hydroxylation sites is 1. The van der Waals surface area contributed by atoms with Gasteiger partial charge in [-0.3, -0.25) is 4.79 Å². The molecule has 0 bridgehead atoms. The van der Waals surface area contributed by atoms with Gasteiger partial charge in [0.15, 0.2) is 0 Å². The maximum absolute atomic E-state index is 11.8. The molecule has 1 heterocycles. The maximum atomic E-state index is 11.8. The molecule has 2 N–H and O–H groups in total. The van der Waals surface area contributed by atoms with Gasteiger partial charge in [-0.1, -0.05) is 31.5 Å². The van der Waals surface area contributed by atoms with Crippen molar-refractivity contribution in [2.24, 2.45) is 5.84 Å². The summed E-state index contributed by atoms with van der Waals surface area (Å²) in [5.41, 5.74) is 0.841. The molecule has 0 spiro atoms. The number of carbonyl (C=O) groups is 1. The zero-order valence-corrected chi connectivity index (χ0v) is 10.5. The molecular weight excluding hydrogens is 226 g/mol. The van der Waals surface area contributed by atoms with Crippen LogP contribution in [0.4, 0.5) is 5.82 Å². The van der Waals surface area contributed by atoms with E-state index in [9.17, 15) is 4.79 Å². The topological polar surface area (TPSA) is 59.2 Å². The number of nitrogens with zero attached hydrogens (tertiary/aromatic N) is 2. The lowest BCUT2D eigenvalue weighted by Gasteiger charge is -2.15. The predicted octanol–water partition coefficient (Wildman–Crippen LogP) is 2.63. The maximum Gasteiger partial charge on any atom is 0.242 e. The summed E-state index contributed by atoms with van der Waals surface area (Å²) in [6.07, 6.45) is 2.28. The van der Waals surface area contributed by atoms with Gasteiger partial charge in [-0.25, -0.2) is 15.8 Å². The Bertz CT molecular complexity index is 553. The smallest absolute Gasteiger partial charge is 0.242 e. The Labute approximate surface area is 106 Å². The Morgan fingerprint density at radius 2 is 2.06 bits per heavy atom. The Morgan fingerprint density at radius 3 is 2.83 bits per heavy atom. The van der Waals surface area contributed by atoms with Gasteiger partial charge >= 0.3 is 0 Å². The Kier molecular flexibility index (Phi) is 3.89. The number of hydrazine groups is 1. The number of pyridine rings is 1. The van der Waals surface area contributed by atoms with Gasteiger partial charge in [0.2, 0.25) is 5.91 Å². The van der Waals surface area contributed by atoms with E-state index in [0.29, 0.717) is 12.2 Å². The van der Waals surface area contributed by atoms with Crippen molar-refractivity contribution in [3.05, 3.63) is 36.4 Å². The third kappa shape index (κ3) is 2.65. The predicted molar refractivity (Wildman–Crippen MR) is 72.9 cm³/mol. The number of anilines is 1. The molecule has 0 saturated heterocycles. The van der Waals surface area contributed by atoms with Crippen LogP contribution in [0.25, 0.3) is 10.9 Å². The first-order chi connectivity index (χ1) is 8.72. The quantitative estimate of drug-likeness (QED) is 0.510. The summed E-state index contributed by atoms with van der Waals surface area (Å²) in [7, 11) is 0. The number of hydrogen-bond acceptors (Lipinski definition) is 3. The molecule has 1 aromatic heterocycles. The summed E-state index contributed by atoms with van der Waals surface area (Å²) in [4.78, 5) is 16.2. The Morgan fingerprint density at radius 1 is 1.28 bits per heavy atom. The van der Waals surface area contributed by atoms with Crippen molar-refractivity contribution >= 4 is 22.6 Å². The molecule has 94 valence electrons. The number of nitrogens with two attached hydrogens (primary N) is 1. The minimum Gasteiger partial charge on any atom is -0.273 e. The van der Waals surface area contributed by atoms with Crippen LogP contribution in [0.3, 0.4) is 0 Å². The molecule has 0 fully saturated rings. The fraction of sp³-hybridized carbons (Fsp3) is 0.286. The number of benzene rings is 1. The van der Waals surface area contributed by atoms with Crippen molar-refractivity contribution in [1.82, 2.24) is 4.98 Å². The summed E-state index contributed by atoms with van der Waals surface area (Å²) in [5.74, 6) is 6.19. The second kappa shape index (κ2) is 5.60. The molecule has 0 saturated carbocycles. The molecule has 4 nitrogen and oxygen atoms in total. The SMILES string of the molecule is CCCCC(=O)N(N)c1ccc2ccccc2n1. The average Bonchev–Trinajstić information content (AvgIpc) is 2.43. The van der Waals surface area contributed by atoms with E-state index in [-0.39, 0.29) is 5.91 Å². The first kappa shape index (κ1) is 12.5. The third-order valence-electron chi connectivity index (χ3n) is 2.84. The molecule has 0 radical (unpaired) electrons. The molecule has 4 heteroatoms. The summed E-state index contributed by atoms with van der Waals surface area (Å²) in [6.45, 7) is 2.04. The molecule has 1 amide bonds. The van der Waals surface area contributed by atoms with Crippen LogP contribution in [-0.2, 0) is 4.79 Å². The van der Waals surface area contributed by atoms with Crippen LogP contribution in [0.1, 0.15) is 26.2 Å². The van der Waals surface area contributed by atoms with Crippen LogP contribution in [-0.4, -0.2) is 10.9 Å². The second-order valence-corrected chi connectivity index (χ2v) is 4.23. The van der Waals surface area contributed by atoms with Crippen molar-refractivity contribution in [2.45, 2.75) is 26.2 Å². The van der Waals surface area contributed by atoms with Gasteiger partial charge in [0.05, 0.1) is 5.52 Å². The molecule has 2 rings (SSSR count). The van der Waals surface area contributed by atoms with E-state index in [2.05, 4.69) is 4.98 Å². The number of rotatable bonds is 4. The normalized spacial score (nSPS) is 10.6. The van der Waals surface area contributed by atoms with Crippen LogP contribution in [0.2, 0.25) is 0 Å². The van der Waals surface area contributed by atoms with Gasteiger partial charge in [0, 0.05) is 11.8 Å². The van der Waals surface area contributed by atoms with Crippen LogP contribution in [0, 0.1) is 0 Å². The number of carbonyl (C=O) groups excluding carboxylic acids is 1. The van der Waals surface area contributed by atoms with Gasteiger partial charge in [0.25, 0.3) is 0 Å². The van der Waals surface area contributed by atoms with E-state index in [4.69, 9.17) is 5.84 Å². The largest absolute Gasteiger partial charge is 0.273 e. The number of unbranched alkanes of at least 4 members (excludes halogenated alkanes) is 1. The number of aromatic nitrogens is 1. The standard InChI is InChI=1S/C14H17N3O/c1-2-3-8-14(18)17(15)13-10-9-11-6-4-5-7-12(11)16-13/h4-7,9-10H,2-3,8,15H2,1H3. The highest BCUT2D eigenvalue weighted by molar-refractivity contribution is 5.92. The van der Waals surface area contributed by atoms with E-state index in [1.165, 1.54) is 0 Å². The average molecular weight is 243 g/mol. The first-order valence-electron chi connectivity index (χ1n) is 6.16. The highest BCUT2D eigenvalue weighted by atomic mass is 16.2. The van der Waals surface area contributed by atoms with Gasteiger partial charge in [-0.2, -0.15) is 0 Å². The van der Waals surface area contributed by atoms with Crippen molar-refractivity contribution in [2.75, 3.05) is 5.01 Å². The zero-order chi connectivity index (χ0) is 13.0. The number of fused-ring (bicyclic) bond motifs is 1. The van der Waals surface area contributed by atoms with E-state index in [1.54, 1.807) is 6.07 Å². The minimum atomic E-state index is -0.0976. The van der Waals surface area contributed by atoms with Gasteiger partial charge in [-0.15, -0.1) is 0 Å². The summed E-state index contributed by atoms with van der Waals surface area (Å²) in [5, 5.41) is 2.18. The molecule has 0 aliphatic carbocycles. The Hall–Kier alpha value is -1.94. The second-order valence-electron chi connectivity index (χ2n) is 4.23. The third-order valence-corrected chi connectivity index (χ3v) is 2.84. The highest BCUT2D eigenvalue weighted by Gasteiger charge is 2.12. The first-order valence-corrected chi connectivity index (χ1v) is 6.16. The van der Waals surface area contributed by atoms with Crippen molar-refractivity contribution in [1.29, 1.82) is 0 Å². The Balaban J connectivity index is 2.22. The monoisotopic (exact) mass is 243 g/mol. The lowest BCUT2D eigenvalue weighted by Crippen LogP contribution is -2.37. The van der Waals surface area contributed by atoms with Crippen LogP contribution >= 0.6 is 0 Å². The molecule has 0 unspecified atom stereocenters. The zero-order valence-electron chi connectivity index (χ0n) is 10.5. The fourth-order valence-corrected chi connectivity index (χ4v) is 1.77. The van der Waals surface area contributed by atoms with Crippen LogP contribution in [0.5, 0.6) is 0 Å². The van der Waals surface area contributed by atoms with E-state index in [1.807, 2.05) is 37.3 Å². The summed E-state index contributed by atoms with van der Waals surface area (Å²) in [6, 6.07) is 11.4. The van der Waals surface area contributed by atoms with Crippen molar-refractivity contribution in [3.63, 3.8) is 0 Å². The number of amides is 1. The summed E-state index contributed by atoms with van der Waals surface area (Å²) >= 11 is 0. The molecule has 0 aliphatic heterocycles. The minimum absolute atomic E-state index is 0.0976. The van der Waals surface area contributed by atoms with Gasteiger partial charge in [0.1, 0.15) is 5.82 Å². The summed E-state index contributed by atoms with van der Waals surface area (Å²) < 4.78 is 0. The molecule has 2 aromatic rings. The molecular formula is C14H17N3O. The van der Waals surface area contributed by atoms with Gasteiger partial charge in [-0.05, 0) is 24.6 Å². The highest BCUT2D eigenvalue weighted by Crippen LogP contribution is 2.16. The molecule has 18 heavy (non-hydrogen) atoms. The van der Waals surface area contributed by atoms with E-state index in [0.717, 1.165) is 28.8 Å². The lowest BCUT2D eigenvalue weighted by molar-refractivity contribution is -0.118. The molecule has 0 aliphatic rings. The lowest BCUT2D eigenvalue weighted by atomic mass is 10.2. The van der Waals surface area contributed by atoms with Gasteiger partial charge < -0.3 is 0 Å². The van der Waals surface area contributed by atoms with Crippen LogP contribution in [0.15, 0.2) is 36.4 Å². The van der Waals surface area contributed by atoms with Crippen LogP contribution < -0.4 is 10.9 Å². The van der Waals surface area contributed by atoms with Crippen molar-refractivity contribution < 1.29 is 4.79 Å². The molecule has 1 aromatic carbocycles. The fourth-order valence-electron chi connectivity index (χ4n) is 1.77. The molecule has 0 atom stereocenters. The van der Waals surface area contributed by atoms with E-state index < -0.39 is 0 Å². The van der Waals surface area contributed by atoms with E-state index >= 15 is 0 Å². The number of hydrogen-bond donors (Lipinski definition) is 1. The van der Waals surface area contributed by atoms with Crippen molar-refractivity contribution in [3.8, 4) is 0 Å².